The average molecular weight is 383 g/mol. The highest BCUT2D eigenvalue weighted by Gasteiger charge is 2.25. The van der Waals surface area contributed by atoms with E-state index in [2.05, 4.69) is 15.3 Å². The topological polar surface area (TPSA) is 87.7 Å². The van der Waals surface area contributed by atoms with Crippen molar-refractivity contribution in [3.63, 3.8) is 0 Å². The zero-order valence-electron chi connectivity index (χ0n) is 16.2. The third-order valence-corrected chi connectivity index (χ3v) is 4.64. The Balaban J connectivity index is 1.54. The van der Waals surface area contributed by atoms with E-state index in [1.807, 2.05) is 24.3 Å². The van der Waals surface area contributed by atoms with Crippen molar-refractivity contribution in [2.45, 2.75) is 25.4 Å². The van der Waals surface area contributed by atoms with Crippen LogP contribution in [0.5, 0.6) is 6.01 Å². The second kappa shape index (κ2) is 9.16. The monoisotopic (exact) mass is 383 g/mol. The molecule has 8 heteroatoms. The van der Waals surface area contributed by atoms with Crippen LogP contribution < -0.4 is 10.1 Å². The molecule has 0 aliphatic carbocycles. The van der Waals surface area contributed by atoms with E-state index in [0.29, 0.717) is 37.6 Å². The van der Waals surface area contributed by atoms with Crippen LogP contribution in [0.1, 0.15) is 18.4 Å². The maximum atomic E-state index is 12.7. The molecule has 148 valence electrons. The van der Waals surface area contributed by atoms with Gasteiger partial charge in [-0.25, -0.2) is 14.8 Å². The first-order valence-electron chi connectivity index (χ1n) is 9.30. The minimum atomic E-state index is -0.167. The lowest BCUT2D eigenvalue weighted by molar-refractivity contribution is -0.127. The van der Waals surface area contributed by atoms with Gasteiger partial charge in [-0.15, -0.1) is 0 Å². The van der Waals surface area contributed by atoms with Gasteiger partial charge in [0.05, 0.1) is 6.42 Å². The summed E-state index contributed by atoms with van der Waals surface area (Å²) in [6.07, 6.45) is 4.96. The van der Waals surface area contributed by atoms with Gasteiger partial charge < -0.3 is 19.9 Å². The van der Waals surface area contributed by atoms with Crippen LogP contribution >= 0.6 is 0 Å². The molecular weight excluding hydrogens is 358 g/mol. The van der Waals surface area contributed by atoms with Crippen molar-refractivity contribution in [2.24, 2.45) is 0 Å². The fourth-order valence-corrected chi connectivity index (χ4v) is 2.98. The van der Waals surface area contributed by atoms with Gasteiger partial charge in [0, 0.05) is 58.1 Å². The summed E-state index contributed by atoms with van der Waals surface area (Å²) in [5.41, 5.74) is 1.47. The van der Waals surface area contributed by atoms with Crippen molar-refractivity contribution >= 4 is 17.6 Å². The molecule has 3 amide bonds. The van der Waals surface area contributed by atoms with E-state index in [9.17, 15) is 9.59 Å². The average Bonchev–Trinajstić information content (AvgIpc) is 2.70. The molecule has 1 aromatic heterocycles. The SMILES string of the molecule is CN(C)C(=O)Cc1ccccc1NC(=O)N1CCC(Oc2ncccn2)CC1. The highest BCUT2D eigenvalue weighted by Crippen LogP contribution is 2.19. The van der Waals surface area contributed by atoms with Crippen molar-refractivity contribution in [1.29, 1.82) is 0 Å². The molecule has 1 fully saturated rings. The van der Waals surface area contributed by atoms with Crippen molar-refractivity contribution in [3.8, 4) is 6.01 Å². The number of hydrogen-bond acceptors (Lipinski definition) is 5. The van der Waals surface area contributed by atoms with Crippen LogP contribution in [0.4, 0.5) is 10.5 Å². The van der Waals surface area contributed by atoms with Crippen LogP contribution in [0, 0.1) is 0 Å². The molecule has 0 saturated carbocycles. The summed E-state index contributed by atoms with van der Waals surface area (Å²) in [5.74, 6) is -0.0113. The van der Waals surface area contributed by atoms with Gasteiger partial charge >= 0.3 is 12.0 Å². The van der Waals surface area contributed by atoms with Gasteiger partial charge in [0.15, 0.2) is 0 Å². The van der Waals surface area contributed by atoms with E-state index in [1.54, 1.807) is 42.4 Å². The Hall–Kier alpha value is -3.16. The van der Waals surface area contributed by atoms with Gasteiger partial charge in [0.2, 0.25) is 5.91 Å². The number of nitrogens with zero attached hydrogens (tertiary/aromatic N) is 4. The van der Waals surface area contributed by atoms with E-state index in [0.717, 1.165) is 5.56 Å². The molecule has 0 atom stereocenters. The summed E-state index contributed by atoms with van der Waals surface area (Å²) in [7, 11) is 3.44. The van der Waals surface area contributed by atoms with Crippen LogP contribution in [-0.2, 0) is 11.2 Å². The normalized spacial score (nSPS) is 14.4. The predicted octanol–water partition coefficient (Wildman–Crippen LogP) is 2.18. The number of piperidine rings is 1. The Kier molecular flexibility index (Phi) is 6.41. The van der Waals surface area contributed by atoms with E-state index in [4.69, 9.17) is 4.74 Å². The Morgan fingerprint density at radius 3 is 2.50 bits per heavy atom. The lowest BCUT2D eigenvalue weighted by Gasteiger charge is -2.31. The second-order valence-corrected chi connectivity index (χ2v) is 6.89. The molecular formula is C20H25N5O3. The van der Waals surface area contributed by atoms with Crippen molar-refractivity contribution in [1.82, 2.24) is 19.8 Å². The molecule has 1 saturated heterocycles. The molecule has 0 spiro atoms. The number of nitrogens with one attached hydrogen (secondary N) is 1. The Bertz CT molecular complexity index is 804. The largest absolute Gasteiger partial charge is 0.460 e. The van der Waals surface area contributed by atoms with Gasteiger partial charge in [0.1, 0.15) is 6.10 Å². The molecule has 0 bridgehead atoms. The lowest BCUT2D eigenvalue weighted by Crippen LogP contribution is -2.44. The number of ether oxygens (including phenoxy) is 1. The Morgan fingerprint density at radius 1 is 1.14 bits per heavy atom. The molecule has 1 aliphatic heterocycles. The number of likely N-dealkylation sites (tertiary alicyclic amines) is 1. The fourth-order valence-electron chi connectivity index (χ4n) is 2.98. The summed E-state index contributed by atoms with van der Waals surface area (Å²) in [4.78, 5) is 36.1. The summed E-state index contributed by atoms with van der Waals surface area (Å²) in [6.45, 7) is 1.17. The van der Waals surface area contributed by atoms with E-state index >= 15 is 0 Å². The number of urea groups is 1. The third kappa shape index (κ3) is 5.18. The zero-order chi connectivity index (χ0) is 19.9. The van der Waals surface area contributed by atoms with Gasteiger partial charge in [-0.2, -0.15) is 0 Å². The van der Waals surface area contributed by atoms with Crippen LogP contribution in [-0.4, -0.2) is 65.0 Å². The van der Waals surface area contributed by atoms with E-state index in [1.165, 1.54) is 0 Å². The number of rotatable bonds is 5. The van der Waals surface area contributed by atoms with Gasteiger partial charge in [0.25, 0.3) is 0 Å². The summed E-state index contributed by atoms with van der Waals surface area (Å²) >= 11 is 0. The van der Waals surface area contributed by atoms with Crippen LogP contribution in [0.25, 0.3) is 0 Å². The smallest absolute Gasteiger partial charge is 0.321 e. The molecule has 2 heterocycles. The minimum absolute atomic E-state index is 0.00329. The quantitative estimate of drug-likeness (QED) is 0.855. The molecule has 28 heavy (non-hydrogen) atoms. The highest BCUT2D eigenvalue weighted by atomic mass is 16.5. The zero-order valence-corrected chi connectivity index (χ0v) is 16.2. The standard InChI is InChI=1S/C20H25N5O3/c1-24(2)18(26)14-15-6-3-4-7-17(15)23-20(27)25-12-8-16(9-13-25)28-19-21-10-5-11-22-19/h3-7,10-11,16H,8-9,12-14H2,1-2H3,(H,23,27). The molecule has 2 aromatic rings. The maximum Gasteiger partial charge on any atom is 0.321 e. The lowest BCUT2D eigenvalue weighted by atomic mass is 10.1. The number of amides is 3. The number of anilines is 1. The predicted molar refractivity (Wildman–Crippen MR) is 105 cm³/mol. The van der Waals surface area contributed by atoms with Gasteiger partial charge in [-0.1, -0.05) is 18.2 Å². The van der Waals surface area contributed by atoms with Crippen LogP contribution in [0.2, 0.25) is 0 Å². The highest BCUT2D eigenvalue weighted by molar-refractivity contribution is 5.91. The van der Waals surface area contributed by atoms with Gasteiger partial charge in [-0.05, 0) is 17.7 Å². The van der Waals surface area contributed by atoms with E-state index < -0.39 is 0 Å². The van der Waals surface area contributed by atoms with Gasteiger partial charge in [-0.3, -0.25) is 4.79 Å². The molecule has 3 rings (SSSR count). The number of benzene rings is 1. The number of carbonyl (C=O) groups excluding carboxylic acids is 2. The molecule has 0 radical (unpaired) electrons. The number of likely N-dealkylation sites (N-methyl/N-ethyl adjacent to an activating group) is 1. The first-order valence-corrected chi connectivity index (χ1v) is 9.30. The molecule has 1 aliphatic rings. The summed E-state index contributed by atoms with van der Waals surface area (Å²) < 4.78 is 5.76. The minimum Gasteiger partial charge on any atom is -0.460 e. The molecule has 0 unspecified atom stereocenters. The van der Waals surface area contributed by atoms with Crippen LogP contribution in [0.3, 0.4) is 0 Å². The van der Waals surface area contributed by atoms with E-state index in [-0.39, 0.29) is 24.5 Å². The number of hydrogen-bond donors (Lipinski definition) is 1. The number of aromatic nitrogens is 2. The third-order valence-electron chi connectivity index (χ3n) is 4.64. The second-order valence-electron chi connectivity index (χ2n) is 6.89. The fraction of sp³-hybridized carbons (Fsp3) is 0.400. The molecule has 1 aromatic carbocycles. The Labute approximate surface area is 164 Å². The first kappa shape index (κ1) is 19.6. The van der Waals surface area contributed by atoms with Crippen molar-refractivity contribution in [3.05, 3.63) is 48.3 Å². The summed E-state index contributed by atoms with van der Waals surface area (Å²) in [6, 6.07) is 9.32. The van der Waals surface area contributed by atoms with Crippen molar-refractivity contribution < 1.29 is 14.3 Å². The van der Waals surface area contributed by atoms with Crippen molar-refractivity contribution in [2.75, 3.05) is 32.5 Å². The number of para-hydroxylation sites is 1. The summed E-state index contributed by atoms with van der Waals surface area (Å²) in [5, 5.41) is 2.94. The molecule has 8 nitrogen and oxygen atoms in total. The number of carbonyl (C=O) groups is 2. The Morgan fingerprint density at radius 2 is 1.82 bits per heavy atom. The van der Waals surface area contributed by atoms with Crippen LogP contribution in [0.15, 0.2) is 42.7 Å². The first-order chi connectivity index (χ1) is 13.5. The maximum absolute atomic E-state index is 12.7. The molecule has 1 N–H and O–H groups in total.